The van der Waals surface area contributed by atoms with E-state index in [4.69, 9.17) is 0 Å². The van der Waals surface area contributed by atoms with E-state index in [-0.39, 0.29) is 18.1 Å². The molecule has 1 aliphatic heterocycles. The Morgan fingerprint density at radius 2 is 2.10 bits per heavy atom. The van der Waals surface area contributed by atoms with Crippen LogP contribution in [0.5, 0.6) is 0 Å². The maximum absolute atomic E-state index is 13.1. The maximum atomic E-state index is 13.1. The monoisotopic (exact) mass is 284 g/mol. The third-order valence-corrected chi connectivity index (χ3v) is 3.67. The van der Waals surface area contributed by atoms with Gasteiger partial charge in [0.25, 0.3) is 0 Å². The number of benzene rings is 2. The van der Waals surface area contributed by atoms with E-state index in [0.717, 1.165) is 30.8 Å². The van der Waals surface area contributed by atoms with Gasteiger partial charge in [-0.05, 0) is 47.9 Å². The quantitative estimate of drug-likeness (QED) is 0.910. The van der Waals surface area contributed by atoms with Gasteiger partial charge in [-0.3, -0.25) is 4.79 Å². The van der Waals surface area contributed by atoms with E-state index in [0.29, 0.717) is 5.56 Å². The minimum atomic E-state index is -0.318. The van der Waals surface area contributed by atoms with Gasteiger partial charge in [0.1, 0.15) is 5.82 Å². The van der Waals surface area contributed by atoms with Crippen molar-refractivity contribution in [3.8, 4) is 0 Å². The molecular weight excluding hydrogens is 267 g/mol. The zero-order valence-corrected chi connectivity index (χ0v) is 11.7. The van der Waals surface area contributed by atoms with Crippen molar-refractivity contribution in [1.82, 2.24) is 5.32 Å². The van der Waals surface area contributed by atoms with Crippen LogP contribution >= 0.6 is 0 Å². The second-order valence-electron chi connectivity index (χ2n) is 5.22. The Morgan fingerprint density at radius 1 is 1.24 bits per heavy atom. The van der Waals surface area contributed by atoms with Crippen molar-refractivity contribution in [3.05, 3.63) is 65.0 Å². The first-order chi connectivity index (χ1) is 10.2. The summed E-state index contributed by atoms with van der Waals surface area (Å²) >= 11 is 0. The molecule has 2 aromatic rings. The van der Waals surface area contributed by atoms with Crippen LogP contribution in [0.25, 0.3) is 0 Å². The lowest BCUT2D eigenvalue weighted by molar-refractivity contribution is -0.115. The molecule has 0 fully saturated rings. The molecule has 3 nitrogen and oxygen atoms in total. The summed E-state index contributed by atoms with van der Waals surface area (Å²) in [5.74, 6) is -0.443. The zero-order chi connectivity index (χ0) is 14.7. The Balaban J connectivity index is 1.73. The van der Waals surface area contributed by atoms with Crippen molar-refractivity contribution in [2.45, 2.75) is 19.4 Å². The molecule has 0 spiro atoms. The number of fused-ring (bicyclic) bond motifs is 1. The molecule has 108 valence electrons. The van der Waals surface area contributed by atoms with Crippen LogP contribution in [-0.4, -0.2) is 12.5 Å². The van der Waals surface area contributed by atoms with E-state index in [1.54, 1.807) is 12.1 Å². The van der Waals surface area contributed by atoms with E-state index in [2.05, 4.69) is 16.7 Å². The number of halogens is 1. The van der Waals surface area contributed by atoms with Crippen molar-refractivity contribution in [2.75, 3.05) is 11.9 Å². The molecule has 1 heterocycles. The Morgan fingerprint density at radius 3 is 2.95 bits per heavy atom. The summed E-state index contributed by atoms with van der Waals surface area (Å²) in [7, 11) is 0. The lowest BCUT2D eigenvalue weighted by atomic mass is 9.99. The summed E-state index contributed by atoms with van der Waals surface area (Å²) in [6.07, 6.45) is 1.15. The molecule has 0 saturated carbocycles. The van der Waals surface area contributed by atoms with Crippen LogP contribution in [0.2, 0.25) is 0 Å². The minimum Gasteiger partial charge on any atom is -0.325 e. The molecule has 0 aliphatic carbocycles. The molecule has 2 aromatic carbocycles. The predicted octanol–water partition coefficient (Wildman–Crippen LogP) is 2.65. The summed E-state index contributed by atoms with van der Waals surface area (Å²) < 4.78 is 13.1. The minimum absolute atomic E-state index is 0.125. The first-order valence-corrected chi connectivity index (χ1v) is 7.08. The van der Waals surface area contributed by atoms with Crippen LogP contribution in [0.3, 0.4) is 0 Å². The predicted molar refractivity (Wildman–Crippen MR) is 80.6 cm³/mol. The van der Waals surface area contributed by atoms with Crippen molar-refractivity contribution in [3.63, 3.8) is 0 Å². The Hall–Kier alpha value is -2.20. The number of hydrogen-bond donors (Lipinski definition) is 2. The molecule has 3 rings (SSSR count). The topological polar surface area (TPSA) is 41.1 Å². The maximum Gasteiger partial charge on any atom is 0.228 e. The Bertz CT molecular complexity index is 670. The molecule has 1 amide bonds. The van der Waals surface area contributed by atoms with Crippen LogP contribution < -0.4 is 10.6 Å². The molecule has 2 N–H and O–H groups in total. The van der Waals surface area contributed by atoms with Crippen LogP contribution in [0.15, 0.2) is 42.5 Å². The number of anilines is 1. The van der Waals surface area contributed by atoms with E-state index < -0.39 is 0 Å². The van der Waals surface area contributed by atoms with E-state index in [1.807, 2.05) is 12.1 Å². The van der Waals surface area contributed by atoms with E-state index in [1.165, 1.54) is 17.7 Å². The second-order valence-corrected chi connectivity index (χ2v) is 5.22. The van der Waals surface area contributed by atoms with Gasteiger partial charge in [0.15, 0.2) is 0 Å². The fourth-order valence-electron chi connectivity index (χ4n) is 2.66. The molecular formula is C17H17FN2O. The molecule has 0 bridgehead atoms. The third kappa shape index (κ3) is 3.28. The van der Waals surface area contributed by atoms with Gasteiger partial charge in [-0.2, -0.15) is 0 Å². The molecule has 0 atom stereocenters. The standard InChI is InChI=1S/C17H17FN2O/c18-14-5-1-3-12(9-14)10-17(21)20-16-6-2-4-13-7-8-19-11-15(13)16/h1-6,9,19H,7-8,10-11H2,(H,20,21). The van der Waals surface area contributed by atoms with E-state index in [9.17, 15) is 9.18 Å². The molecule has 0 aromatic heterocycles. The number of carbonyl (C=O) groups excluding carboxylic acids is 1. The van der Waals surface area contributed by atoms with Gasteiger partial charge in [-0.1, -0.05) is 24.3 Å². The lowest BCUT2D eigenvalue weighted by Crippen LogP contribution is -2.25. The van der Waals surface area contributed by atoms with Crippen LogP contribution in [0.1, 0.15) is 16.7 Å². The average Bonchev–Trinajstić information content (AvgIpc) is 2.47. The number of carbonyl (C=O) groups is 1. The summed E-state index contributed by atoms with van der Waals surface area (Å²) in [4.78, 5) is 12.1. The number of amides is 1. The SMILES string of the molecule is O=C(Cc1cccc(F)c1)Nc1cccc2c1CNCC2. The van der Waals surface area contributed by atoms with E-state index >= 15 is 0 Å². The van der Waals surface area contributed by atoms with Crippen molar-refractivity contribution >= 4 is 11.6 Å². The fraction of sp³-hybridized carbons (Fsp3) is 0.235. The molecule has 0 saturated heterocycles. The van der Waals surface area contributed by atoms with Crippen LogP contribution in [-0.2, 0) is 24.2 Å². The van der Waals surface area contributed by atoms with Gasteiger partial charge < -0.3 is 10.6 Å². The summed E-state index contributed by atoms with van der Waals surface area (Å²) in [5, 5.41) is 6.25. The van der Waals surface area contributed by atoms with Gasteiger partial charge >= 0.3 is 0 Å². The highest BCUT2D eigenvalue weighted by atomic mass is 19.1. The second kappa shape index (κ2) is 6.06. The van der Waals surface area contributed by atoms with Crippen molar-refractivity contribution < 1.29 is 9.18 Å². The number of rotatable bonds is 3. The van der Waals surface area contributed by atoms with Gasteiger partial charge in [0.05, 0.1) is 6.42 Å². The molecule has 21 heavy (non-hydrogen) atoms. The molecule has 0 unspecified atom stereocenters. The number of hydrogen-bond acceptors (Lipinski definition) is 2. The Kier molecular flexibility index (Phi) is 3.97. The van der Waals surface area contributed by atoms with Gasteiger partial charge in [0.2, 0.25) is 5.91 Å². The zero-order valence-electron chi connectivity index (χ0n) is 11.7. The fourth-order valence-corrected chi connectivity index (χ4v) is 2.66. The molecule has 0 radical (unpaired) electrons. The largest absolute Gasteiger partial charge is 0.325 e. The average molecular weight is 284 g/mol. The summed E-state index contributed by atoms with van der Waals surface area (Å²) in [6, 6.07) is 12.1. The normalized spacial score (nSPS) is 13.6. The van der Waals surface area contributed by atoms with Crippen LogP contribution in [0.4, 0.5) is 10.1 Å². The van der Waals surface area contributed by atoms with Crippen molar-refractivity contribution in [2.24, 2.45) is 0 Å². The summed E-state index contributed by atoms with van der Waals surface area (Å²) in [6.45, 7) is 1.74. The summed E-state index contributed by atoms with van der Waals surface area (Å²) in [5.41, 5.74) is 3.95. The highest BCUT2D eigenvalue weighted by Gasteiger charge is 2.14. The lowest BCUT2D eigenvalue weighted by Gasteiger charge is -2.20. The Labute approximate surface area is 123 Å². The van der Waals surface area contributed by atoms with Crippen LogP contribution in [0, 0.1) is 5.82 Å². The van der Waals surface area contributed by atoms with Gasteiger partial charge in [0, 0.05) is 12.2 Å². The van der Waals surface area contributed by atoms with Gasteiger partial charge in [-0.25, -0.2) is 4.39 Å². The smallest absolute Gasteiger partial charge is 0.228 e. The van der Waals surface area contributed by atoms with Crippen molar-refractivity contribution in [1.29, 1.82) is 0 Å². The molecule has 4 heteroatoms. The third-order valence-electron chi connectivity index (χ3n) is 3.67. The first-order valence-electron chi connectivity index (χ1n) is 7.08. The number of nitrogens with one attached hydrogen (secondary N) is 2. The van der Waals surface area contributed by atoms with Gasteiger partial charge in [-0.15, -0.1) is 0 Å². The first kappa shape index (κ1) is 13.8. The highest BCUT2D eigenvalue weighted by Crippen LogP contribution is 2.23. The highest BCUT2D eigenvalue weighted by molar-refractivity contribution is 5.93. The molecule has 1 aliphatic rings.